The minimum atomic E-state index is 0. The fourth-order valence-electron chi connectivity index (χ4n) is 1.98. The molecule has 4 aromatic heterocycles. The number of aromatic nitrogens is 4. The number of nitrogens with zero attached hydrogens (tertiary/aromatic N) is 2. The average molecular weight is 399 g/mol. The standard InChI is InChI=1S/C8H8N2O.C7H5BrN2.CH3O.Na/c11-5-6-3-7-1-2-9-8(7)10-4-6;8-6-3-5-1-2-9-7(5)10-4-6;1-2;/h1-4,11H,5H2,(H,9,10);1-4H,(H,9,10);1H3;/q;;-1;+1. The number of aliphatic hydroxyl groups excluding tert-OH is 1. The first-order valence-corrected chi connectivity index (χ1v) is 7.58. The van der Waals surface area contributed by atoms with Crippen LogP contribution in [0.1, 0.15) is 5.56 Å². The minimum Gasteiger partial charge on any atom is -0.857 e. The largest absolute Gasteiger partial charge is 1.00 e. The van der Waals surface area contributed by atoms with Crippen LogP contribution in [-0.2, 0) is 6.61 Å². The van der Waals surface area contributed by atoms with E-state index in [1.54, 1.807) is 12.4 Å². The molecule has 0 amide bonds. The summed E-state index contributed by atoms with van der Waals surface area (Å²) in [7, 11) is 0.750. The summed E-state index contributed by atoms with van der Waals surface area (Å²) in [6.07, 6.45) is 7.15. The van der Waals surface area contributed by atoms with Crippen molar-refractivity contribution in [2.24, 2.45) is 0 Å². The number of aliphatic hydroxyl groups is 1. The Morgan fingerprint density at radius 2 is 1.54 bits per heavy atom. The van der Waals surface area contributed by atoms with Crippen LogP contribution in [0.4, 0.5) is 0 Å². The molecular weight excluding hydrogens is 383 g/mol. The molecule has 24 heavy (non-hydrogen) atoms. The molecule has 0 saturated carbocycles. The van der Waals surface area contributed by atoms with Crippen LogP contribution in [0.5, 0.6) is 0 Å². The summed E-state index contributed by atoms with van der Waals surface area (Å²) in [5, 5.41) is 19.2. The van der Waals surface area contributed by atoms with E-state index >= 15 is 0 Å². The van der Waals surface area contributed by atoms with Crippen molar-refractivity contribution < 1.29 is 39.8 Å². The van der Waals surface area contributed by atoms with Crippen LogP contribution in [0.3, 0.4) is 0 Å². The zero-order valence-corrected chi connectivity index (χ0v) is 17.0. The number of fused-ring (bicyclic) bond motifs is 2. The van der Waals surface area contributed by atoms with Gasteiger partial charge in [0, 0.05) is 40.0 Å². The predicted molar refractivity (Wildman–Crippen MR) is 91.7 cm³/mol. The van der Waals surface area contributed by atoms with E-state index in [-0.39, 0.29) is 36.2 Å². The number of hydrogen-bond acceptors (Lipinski definition) is 4. The van der Waals surface area contributed by atoms with E-state index in [4.69, 9.17) is 10.2 Å². The maximum absolute atomic E-state index is 8.78. The van der Waals surface area contributed by atoms with E-state index in [1.165, 1.54) is 0 Å². The van der Waals surface area contributed by atoms with Crippen molar-refractivity contribution in [3.05, 3.63) is 59.1 Å². The van der Waals surface area contributed by atoms with E-state index in [1.807, 2.05) is 36.7 Å². The van der Waals surface area contributed by atoms with Crippen molar-refractivity contribution in [1.29, 1.82) is 0 Å². The average Bonchev–Trinajstić information content (AvgIpc) is 3.24. The molecule has 0 fully saturated rings. The van der Waals surface area contributed by atoms with E-state index in [0.29, 0.717) is 0 Å². The zero-order chi connectivity index (χ0) is 16.7. The molecule has 0 aliphatic heterocycles. The smallest absolute Gasteiger partial charge is 0.857 e. The Kier molecular flexibility index (Phi) is 9.20. The molecule has 3 N–H and O–H groups in total. The van der Waals surface area contributed by atoms with Crippen molar-refractivity contribution in [3.8, 4) is 0 Å². The monoisotopic (exact) mass is 398 g/mol. The molecular formula is C16H16BrN4NaO2. The van der Waals surface area contributed by atoms with Gasteiger partial charge >= 0.3 is 29.6 Å². The van der Waals surface area contributed by atoms with Crippen LogP contribution in [0.15, 0.2) is 53.5 Å². The molecule has 0 bridgehead atoms. The normalized spacial score (nSPS) is 9.50. The molecule has 6 nitrogen and oxygen atoms in total. The first kappa shape index (κ1) is 20.8. The van der Waals surface area contributed by atoms with Crippen LogP contribution in [0.2, 0.25) is 0 Å². The van der Waals surface area contributed by atoms with Gasteiger partial charge in [-0.05, 0) is 45.8 Å². The third kappa shape index (κ3) is 5.41. The summed E-state index contributed by atoms with van der Waals surface area (Å²) in [6.45, 7) is 0.0497. The molecule has 4 rings (SSSR count). The predicted octanol–water partition coefficient (Wildman–Crippen LogP) is -0.639. The van der Waals surface area contributed by atoms with Gasteiger partial charge in [-0.2, -0.15) is 7.11 Å². The van der Waals surface area contributed by atoms with Crippen LogP contribution >= 0.6 is 15.9 Å². The van der Waals surface area contributed by atoms with Crippen molar-refractivity contribution in [1.82, 2.24) is 19.9 Å². The topological polar surface area (TPSA) is 101 Å². The number of hydrogen-bond donors (Lipinski definition) is 3. The Morgan fingerprint density at radius 1 is 1.00 bits per heavy atom. The van der Waals surface area contributed by atoms with Gasteiger partial charge in [-0.15, -0.1) is 0 Å². The number of rotatable bonds is 1. The van der Waals surface area contributed by atoms with Crippen LogP contribution in [0, 0.1) is 0 Å². The van der Waals surface area contributed by atoms with Gasteiger partial charge in [0.05, 0.1) is 6.61 Å². The number of halogens is 1. The maximum Gasteiger partial charge on any atom is 1.00 e. The Hall–Kier alpha value is -1.22. The van der Waals surface area contributed by atoms with Crippen molar-refractivity contribution >= 4 is 38.0 Å². The molecule has 120 valence electrons. The minimum absolute atomic E-state index is 0. The fraction of sp³-hybridized carbons (Fsp3) is 0.125. The van der Waals surface area contributed by atoms with E-state index in [2.05, 4.69) is 35.9 Å². The van der Waals surface area contributed by atoms with Crippen LogP contribution < -0.4 is 34.7 Å². The Labute approximate surface area is 169 Å². The number of H-pyrrole nitrogens is 2. The summed E-state index contributed by atoms with van der Waals surface area (Å²) < 4.78 is 1.01. The first-order chi connectivity index (χ1) is 11.3. The van der Waals surface area contributed by atoms with Crippen molar-refractivity contribution in [2.75, 3.05) is 7.11 Å². The second kappa shape index (κ2) is 10.6. The number of nitrogens with one attached hydrogen (secondary N) is 2. The summed E-state index contributed by atoms with van der Waals surface area (Å²) >= 11 is 3.34. The number of pyridine rings is 2. The number of aromatic amines is 2. The van der Waals surface area contributed by atoms with Gasteiger partial charge in [0.25, 0.3) is 0 Å². The second-order valence-electron chi connectivity index (χ2n) is 4.49. The summed E-state index contributed by atoms with van der Waals surface area (Å²) in [6, 6.07) is 7.87. The van der Waals surface area contributed by atoms with E-state index in [9.17, 15) is 0 Å². The van der Waals surface area contributed by atoms with Crippen LogP contribution in [-0.4, -0.2) is 32.2 Å². The third-order valence-electron chi connectivity index (χ3n) is 3.01. The van der Waals surface area contributed by atoms with E-state index in [0.717, 1.165) is 39.2 Å². The fourth-order valence-corrected chi connectivity index (χ4v) is 2.33. The Bertz CT molecular complexity index is 878. The molecule has 0 unspecified atom stereocenters. The van der Waals surface area contributed by atoms with Gasteiger partial charge in [-0.3, -0.25) is 0 Å². The molecule has 8 heteroatoms. The molecule has 4 heterocycles. The second-order valence-corrected chi connectivity index (χ2v) is 5.40. The quantitative estimate of drug-likeness (QED) is 0.371. The molecule has 0 saturated heterocycles. The Balaban J connectivity index is 0.000000211. The van der Waals surface area contributed by atoms with Gasteiger partial charge in [0.15, 0.2) is 0 Å². The molecule has 0 aromatic carbocycles. The Morgan fingerprint density at radius 3 is 2.12 bits per heavy atom. The molecule has 0 aliphatic rings. The van der Waals surface area contributed by atoms with Crippen LogP contribution in [0.25, 0.3) is 22.1 Å². The van der Waals surface area contributed by atoms with Gasteiger partial charge in [-0.25, -0.2) is 9.97 Å². The molecule has 0 spiro atoms. The summed E-state index contributed by atoms with van der Waals surface area (Å²) in [5.41, 5.74) is 2.64. The molecule has 0 aliphatic carbocycles. The molecule has 0 radical (unpaired) electrons. The summed E-state index contributed by atoms with van der Waals surface area (Å²) in [4.78, 5) is 14.2. The van der Waals surface area contributed by atoms with Crippen molar-refractivity contribution in [3.63, 3.8) is 0 Å². The van der Waals surface area contributed by atoms with Crippen molar-refractivity contribution in [2.45, 2.75) is 6.61 Å². The van der Waals surface area contributed by atoms with Gasteiger partial charge in [-0.1, -0.05) is 0 Å². The third-order valence-corrected chi connectivity index (χ3v) is 3.44. The first-order valence-electron chi connectivity index (χ1n) is 6.78. The van der Waals surface area contributed by atoms with E-state index < -0.39 is 0 Å². The molecule has 0 atom stereocenters. The SMILES string of the molecule is Brc1cnc2[nH]ccc2c1.C[O-].OCc1cnc2[nH]ccc2c1.[Na+]. The molecule has 4 aromatic rings. The zero-order valence-electron chi connectivity index (χ0n) is 13.5. The van der Waals surface area contributed by atoms with Gasteiger partial charge < -0.3 is 20.2 Å². The summed E-state index contributed by atoms with van der Waals surface area (Å²) in [5.74, 6) is 0. The maximum atomic E-state index is 8.78. The van der Waals surface area contributed by atoms with Gasteiger partial charge in [0.1, 0.15) is 11.3 Å². The van der Waals surface area contributed by atoms with Gasteiger partial charge in [0.2, 0.25) is 0 Å².